The van der Waals surface area contributed by atoms with Gasteiger partial charge in [-0.1, -0.05) is 25.1 Å². The maximum atomic E-state index is 10.8. The highest BCUT2D eigenvalue weighted by Gasteiger charge is 2.19. The third kappa shape index (κ3) is 3.56. The van der Waals surface area contributed by atoms with Gasteiger partial charge in [-0.2, -0.15) is 0 Å². The molecule has 98 valence electrons. The van der Waals surface area contributed by atoms with E-state index in [4.69, 9.17) is 10.2 Å². The summed E-state index contributed by atoms with van der Waals surface area (Å²) in [6.07, 6.45) is -0.657. The van der Waals surface area contributed by atoms with E-state index in [2.05, 4.69) is 0 Å². The first-order valence-corrected chi connectivity index (χ1v) is 5.70. The summed E-state index contributed by atoms with van der Waals surface area (Å²) >= 11 is 0. The van der Waals surface area contributed by atoms with Gasteiger partial charge in [0, 0.05) is 6.42 Å². The van der Waals surface area contributed by atoms with Gasteiger partial charge in [0.2, 0.25) is 0 Å². The van der Waals surface area contributed by atoms with Crippen LogP contribution in [0.2, 0.25) is 0 Å². The molecule has 1 aromatic rings. The van der Waals surface area contributed by atoms with Crippen molar-refractivity contribution in [2.45, 2.75) is 32.3 Å². The van der Waals surface area contributed by atoms with Gasteiger partial charge in [-0.25, -0.2) is 4.79 Å². The van der Waals surface area contributed by atoms with Crippen molar-refractivity contribution >= 4 is 11.9 Å². The average Bonchev–Trinajstić information content (AvgIpc) is 2.34. The summed E-state index contributed by atoms with van der Waals surface area (Å²) in [5.41, 5.74) is 1.81. The number of aryl methyl sites for hydroxylation is 2. The summed E-state index contributed by atoms with van der Waals surface area (Å²) in [6.45, 7) is 1.87. The van der Waals surface area contributed by atoms with Crippen LogP contribution in [0, 0.1) is 0 Å². The first-order chi connectivity index (χ1) is 8.45. The first-order valence-electron chi connectivity index (χ1n) is 5.70. The van der Waals surface area contributed by atoms with E-state index in [0.29, 0.717) is 24.0 Å². The van der Waals surface area contributed by atoms with Gasteiger partial charge < -0.3 is 15.3 Å². The summed E-state index contributed by atoms with van der Waals surface area (Å²) in [6, 6.07) is 5.07. The molecule has 0 saturated carbocycles. The Morgan fingerprint density at radius 3 is 2.44 bits per heavy atom. The van der Waals surface area contributed by atoms with Crippen LogP contribution in [0.4, 0.5) is 0 Å². The normalized spacial score (nSPS) is 12.1. The number of rotatable bonds is 6. The number of hydrogen-bond acceptors (Lipinski definition) is 3. The van der Waals surface area contributed by atoms with E-state index < -0.39 is 18.0 Å². The molecule has 0 aliphatic rings. The molecule has 18 heavy (non-hydrogen) atoms. The van der Waals surface area contributed by atoms with Gasteiger partial charge in [0.1, 0.15) is 0 Å². The Morgan fingerprint density at radius 2 is 1.94 bits per heavy atom. The van der Waals surface area contributed by atoms with Crippen molar-refractivity contribution in [1.82, 2.24) is 0 Å². The lowest BCUT2D eigenvalue weighted by Gasteiger charge is -2.13. The molecule has 0 fully saturated rings. The van der Waals surface area contributed by atoms with Crippen molar-refractivity contribution in [3.05, 3.63) is 34.9 Å². The number of aliphatic hydroxyl groups is 1. The smallest absolute Gasteiger partial charge is 0.337 e. The van der Waals surface area contributed by atoms with E-state index in [9.17, 15) is 14.7 Å². The second-order valence-corrected chi connectivity index (χ2v) is 4.02. The maximum Gasteiger partial charge on any atom is 0.337 e. The summed E-state index contributed by atoms with van der Waals surface area (Å²) in [5.74, 6) is -2.21. The number of carboxylic acid groups (broad SMARTS) is 2. The minimum atomic E-state index is -1.57. The predicted octanol–water partition coefficient (Wildman–Crippen LogP) is 1.38. The monoisotopic (exact) mass is 252 g/mol. The van der Waals surface area contributed by atoms with Crippen molar-refractivity contribution in [3.63, 3.8) is 0 Å². The zero-order valence-corrected chi connectivity index (χ0v) is 10.1. The molecule has 0 aliphatic heterocycles. The highest BCUT2D eigenvalue weighted by atomic mass is 16.4. The molecular weight excluding hydrogens is 236 g/mol. The molecule has 5 nitrogen and oxygen atoms in total. The molecule has 0 saturated heterocycles. The number of carboxylic acids is 2. The molecule has 1 unspecified atom stereocenters. The lowest BCUT2D eigenvalue weighted by atomic mass is 9.96. The summed E-state index contributed by atoms with van der Waals surface area (Å²) in [7, 11) is 0. The Hall–Kier alpha value is -1.88. The topological polar surface area (TPSA) is 94.8 Å². The highest BCUT2D eigenvalue weighted by molar-refractivity contribution is 5.74. The molecule has 0 amide bonds. The minimum Gasteiger partial charge on any atom is -0.481 e. The van der Waals surface area contributed by atoms with Crippen LogP contribution in [0.25, 0.3) is 0 Å². The van der Waals surface area contributed by atoms with Gasteiger partial charge in [-0.05, 0) is 29.5 Å². The Balaban J connectivity index is 3.01. The largest absolute Gasteiger partial charge is 0.481 e. The van der Waals surface area contributed by atoms with E-state index in [1.807, 2.05) is 6.92 Å². The van der Waals surface area contributed by atoms with E-state index in [-0.39, 0.29) is 6.42 Å². The molecule has 1 atom stereocenters. The Morgan fingerprint density at radius 1 is 1.28 bits per heavy atom. The zero-order valence-electron chi connectivity index (χ0n) is 10.1. The van der Waals surface area contributed by atoms with E-state index in [1.54, 1.807) is 18.2 Å². The van der Waals surface area contributed by atoms with Crippen molar-refractivity contribution in [2.75, 3.05) is 0 Å². The molecular formula is C13H16O5. The molecule has 0 bridgehead atoms. The third-order valence-electron chi connectivity index (χ3n) is 2.75. The van der Waals surface area contributed by atoms with Crippen LogP contribution in [-0.2, 0) is 22.4 Å². The van der Waals surface area contributed by atoms with Crippen LogP contribution in [0.1, 0.15) is 36.1 Å². The van der Waals surface area contributed by atoms with E-state index >= 15 is 0 Å². The van der Waals surface area contributed by atoms with Crippen molar-refractivity contribution < 1.29 is 24.9 Å². The lowest BCUT2D eigenvalue weighted by molar-refractivity contribution is -0.147. The van der Waals surface area contributed by atoms with Gasteiger partial charge in [-0.15, -0.1) is 0 Å². The van der Waals surface area contributed by atoms with Crippen LogP contribution in [0.3, 0.4) is 0 Å². The first kappa shape index (κ1) is 14.2. The van der Waals surface area contributed by atoms with Gasteiger partial charge in [-0.3, -0.25) is 4.79 Å². The molecule has 0 aliphatic carbocycles. The van der Waals surface area contributed by atoms with Crippen molar-refractivity contribution in [1.29, 1.82) is 0 Å². The van der Waals surface area contributed by atoms with Gasteiger partial charge in [0.25, 0.3) is 0 Å². The van der Waals surface area contributed by atoms with Gasteiger partial charge >= 0.3 is 11.9 Å². The van der Waals surface area contributed by atoms with E-state index in [1.165, 1.54) is 0 Å². The number of benzene rings is 1. The Bertz CT molecular complexity index is 453. The Kier molecular flexibility index (Phi) is 4.85. The minimum absolute atomic E-state index is 0.0198. The van der Waals surface area contributed by atoms with Crippen LogP contribution < -0.4 is 0 Å². The van der Waals surface area contributed by atoms with Crippen molar-refractivity contribution in [3.8, 4) is 0 Å². The molecule has 0 radical (unpaired) electrons. The molecule has 0 spiro atoms. The molecule has 1 rings (SSSR count). The second-order valence-electron chi connectivity index (χ2n) is 4.02. The average molecular weight is 252 g/mol. The predicted molar refractivity (Wildman–Crippen MR) is 64.4 cm³/mol. The zero-order chi connectivity index (χ0) is 13.7. The number of aliphatic carboxylic acids is 2. The SMILES string of the molecule is CCc1ccc(CCC(=O)O)cc1C(O)C(=O)O. The number of aliphatic hydroxyl groups excluding tert-OH is 1. The van der Waals surface area contributed by atoms with Gasteiger partial charge in [0.05, 0.1) is 0 Å². The molecule has 0 aromatic heterocycles. The number of carbonyl (C=O) groups is 2. The fraction of sp³-hybridized carbons (Fsp3) is 0.385. The van der Waals surface area contributed by atoms with Crippen LogP contribution >= 0.6 is 0 Å². The second kappa shape index (κ2) is 6.16. The quantitative estimate of drug-likeness (QED) is 0.711. The van der Waals surface area contributed by atoms with Crippen molar-refractivity contribution in [2.24, 2.45) is 0 Å². The highest BCUT2D eigenvalue weighted by Crippen LogP contribution is 2.21. The summed E-state index contributed by atoms with van der Waals surface area (Å²) < 4.78 is 0. The van der Waals surface area contributed by atoms with Crippen LogP contribution in [0.15, 0.2) is 18.2 Å². The fourth-order valence-electron chi connectivity index (χ4n) is 1.76. The summed E-state index contributed by atoms with van der Waals surface area (Å²) in [4.78, 5) is 21.3. The molecule has 5 heteroatoms. The molecule has 3 N–H and O–H groups in total. The molecule has 0 heterocycles. The van der Waals surface area contributed by atoms with Crippen LogP contribution in [0.5, 0.6) is 0 Å². The standard InChI is InChI=1S/C13H16O5/c1-2-9-5-3-8(4-6-11(14)15)7-10(9)12(16)13(17)18/h3,5,7,12,16H,2,4,6H2,1H3,(H,14,15)(H,17,18). The Labute approximate surface area is 105 Å². The van der Waals surface area contributed by atoms with Gasteiger partial charge in [0.15, 0.2) is 6.10 Å². The summed E-state index contributed by atoms with van der Waals surface area (Å²) in [5, 5.41) is 27.0. The van der Waals surface area contributed by atoms with Crippen LogP contribution in [-0.4, -0.2) is 27.3 Å². The maximum absolute atomic E-state index is 10.8. The number of hydrogen-bond donors (Lipinski definition) is 3. The van der Waals surface area contributed by atoms with E-state index in [0.717, 1.165) is 5.56 Å². The fourth-order valence-corrected chi connectivity index (χ4v) is 1.76. The third-order valence-corrected chi connectivity index (χ3v) is 2.75. The molecule has 1 aromatic carbocycles. The lowest BCUT2D eigenvalue weighted by Crippen LogP contribution is -2.13.